The van der Waals surface area contributed by atoms with Gasteiger partial charge in [-0.2, -0.15) is 0 Å². The molecule has 0 unspecified atom stereocenters. The van der Waals surface area contributed by atoms with E-state index in [-0.39, 0.29) is 5.69 Å². The van der Waals surface area contributed by atoms with Crippen LogP contribution in [0.4, 0.5) is 5.69 Å². The van der Waals surface area contributed by atoms with E-state index in [2.05, 4.69) is 4.98 Å². The van der Waals surface area contributed by atoms with Gasteiger partial charge in [0.25, 0.3) is 0 Å². The molecule has 0 bridgehead atoms. The number of methoxy groups -OCH3 is 1. The number of aromatic amines is 2. The molecule has 1 aromatic heterocycles. The lowest BCUT2D eigenvalue weighted by molar-refractivity contribution is -0.386. The second-order valence-corrected chi connectivity index (χ2v) is 4.00. The van der Waals surface area contributed by atoms with Crippen molar-refractivity contribution in [3.63, 3.8) is 0 Å². The molecule has 0 aliphatic carbocycles. The molecule has 0 aliphatic rings. The van der Waals surface area contributed by atoms with Crippen LogP contribution in [0.2, 0.25) is 0 Å². The summed E-state index contributed by atoms with van der Waals surface area (Å²) in [7, 11) is 1.49. The third kappa shape index (κ3) is 3.06. The van der Waals surface area contributed by atoms with Gasteiger partial charge in [-0.1, -0.05) is 18.2 Å². The second-order valence-electron chi connectivity index (χ2n) is 4.00. The molecule has 0 atom stereocenters. The zero-order valence-corrected chi connectivity index (χ0v) is 11.0. The lowest BCUT2D eigenvalue weighted by Crippen LogP contribution is -2.25. The van der Waals surface area contributed by atoms with E-state index in [1.54, 1.807) is 24.3 Å². The molecular formula is C13H11N3O5. The van der Waals surface area contributed by atoms with E-state index in [1.807, 2.05) is 4.98 Å². The van der Waals surface area contributed by atoms with Crippen LogP contribution in [0.3, 0.4) is 0 Å². The first-order valence-electron chi connectivity index (χ1n) is 5.85. The van der Waals surface area contributed by atoms with Gasteiger partial charge >= 0.3 is 16.9 Å². The lowest BCUT2D eigenvalue weighted by atomic mass is 10.1. The van der Waals surface area contributed by atoms with Crippen LogP contribution in [0.25, 0.3) is 12.2 Å². The van der Waals surface area contributed by atoms with Crippen LogP contribution in [0.5, 0.6) is 5.75 Å². The highest BCUT2D eigenvalue weighted by atomic mass is 16.6. The maximum absolute atomic E-state index is 11.5. The van der Waals surface area contributed by atoms with Crippen LogP contribution in [0.1, 0.15) is 11.3 Å². The van der Waals surface area contributed by atoms with Crippen LogP contribution >= 0.6 is 0 Å². The molecule has 0 fully saturated rings. The molecule has 0 radical (unpaired) electrons. The molecule has 0 spiro atoms. The van der Waals surface area contributed by atoms with Crippen molar-refractivity contribution in [2.45, 2.75) is 0 Å². The zero-order valence-electron chi connectivity index (χ0n) is 11.0. The third-order valence-corrected chi connectivity index (χ3v) is 2.70. The smallest absolute Gasteiger partial charge is 0.357 e. The summed E-state index contributed by atoms with van der Waals surface area (Å²) in [5.74, 6) is 0.559. The Hall–Kier alpha value is -3.16. The van der Waals surface area contributed by atoms with Crippen LogP contribution in [-0.2, 0) is 0 Å². The maximum Gasteiger partial charge on any atom is 0.357 e. The average molecular weight is 289 g/mol. The van der Waals surface area contributed by atoms with Crippen molar-refractivity contribution in [1.29, 1.82) is 0 Å². The van der Waals surface area contributed by atoms with Crippen LogP contribution in [0, 0.1) is 10.1 Å². The number of aromatic nitrogens is 2. The van der Waals surface area contributed by atoms with E-state index < -0.39 is 21.9 Å². The van der Waals surface area contributed by atoms with Gasteiger partial charge in [-0.05, 0) is 18.2 Å². The molecular weight excluding hydrogens is 278 g/mol. The summed E-state index contributed by atoms with van der Waals surface area (Å²) in [6.45, 7) is 0. The number of nitro groups is 1. The number of nitrogens with zero attached hydrogens (tertiary/aromatic N) is 1. The Morgan fingerprint density at radius 1 is 1.19 bits per heavy atom. The van der Waals surface area contributed by atoms with E-state index in [4.69, 9.17) is 4.74 Å². The van der Waals surface area contributed by atoms with E-state index in [9.17, 15) is 19.7 Å². The molecule has 0 aliphatic heterocycles. The Bertz CT molecular complexity index is 819. The first-order valence-corrected chi connectivity index (χ1v) is 5.85. The average Bonchev–Trinajstić information content (AvgIpc) is 2.44. The highest BCUT2D eigenvalue weighted by Gasteiger charge is 2.18. The number of para-hydroxylation sites is 1. The molecule has 2 rings (SSSR count). The molecule has 1 aromatic carbocycles. The van der Waals surface area contributed by atoms with Crippen molar-refractivity contribution >= 4 is 17.8 Å². The number of nitrogens with one attached hydrogen (secondary N) is 2. The van der Waals surface area contributed by atoms with Crippen molar-refractivity contribution in [2.24, 2.45) is 0 Å². The maximum atomic E-state index is 11.5. The van der Waals surface area contributed by atoms with E-state index in [0.29, 0.717) is 11.3 Å². The van der Waals surface area contributed by atoms with Crippen molar-refractivity contribution in [1.82, 2.24) is 9.97 Å². The van der Waals surface area contributed by atoms with Gasteiger partial charge in [0.1, 0.15) is 11.4 Å². The summed E-state index contributed by atoms with van der Waals surface area (Å²) in [5, 5.41) is 10.9. The Kier molecular flexibility index (Phi) is 3.98. The molecule has 8 nitrogen and oxygen atoms in total. The van der Waals surface area contributed by atoms with Crippen molar-refractivity contribution in [3.05, 3.63) is 66.5 Å². The summed E-state index contributed by atoms with van der Waals surface area (Å²) in [5.41, 5.74) is -2.12. The van der Waals surface area contributed by atoms with Gasteiger partial charge in [-0.15, -0.1) is 0 Å². The Morgan fingerprint density at radius 2 is 1.90 bits per heavy atom. The normalized spacial score (nSPS) is 10.7. The predicted molar refractivity (Wildman–Crippen MR) is 76.3 cm³/mol. The number of H-pyrrole nitrogens is 2. The van der Waals surface area contributed by atoms with Crippen LogP contribution < -0.4 is 16.0 Å². The number of hydrogen-bond acceptors (Lipinski definition) is 5. The van der Waals surface area contributed by atoms with Gasteiger partial charge in [-0.3, -0.25) is 19.9 Å². The third-order valence-electron chi connectivity index (χ3n) is 2.70. The van der Waals surface area contributed by atoms with Crippen molar-refractivity contribution in [3.8, 4) is 5.75 Å². The van der Waals surface area contributed by atoms with Gasteiger partial charge in [-0.25, -0.2) is 4.79 Å². The predicted octanol–water partition coefficient (Wildman–Crippen LogP) is 1.15. The van der Waals surface area contributed by atoms with Gasteiger partial charge in [0, 0.05) is 5.56 Å². The van der Waals surface area contributed by atoms with E-state index in [0.717, 1.165) is 0 Å². The number of hydrogen-bond donors (Lipinski definition) is 2. The first-order chi connectivity index (χ1) is 10.0. The fourth-order valence-corrected chi connectivity index (χ4v) is 1.78. The second kappa shape index (κ2) is 5.87. The summed E-state index contributed by atoms with van der Waals surface area (Å²) >= 11 is 0. The molecule has 2 N–H and O–H groups in total. The molecule has 21 heavy (non-hydrogen) atoms. The highest BCUT2D eigenvalue weighted by Crippen LogP contribution is 2.20. The number of rotatable bonds is 4. The standard InChI is InChI=1S/C13H11N3O5/c1-21-10-5-3-2-4-8(10)6-7-9-11(16(19)20)12(17)15-13(18)14-9/h2-7H,1H3,(H2,14,15,17,18). The topological polar surface area (TPSA) is 118 Å². The highest BCUT2D eigenvalue weighted by molar-refractivity contribution is 5.74. The van der Waals surface area contributed by atoms with E-state index >= 15 is 0 Å². The number of ether oxygens (including phenoxy) is 1. The summed E-state index contributed by atoms with van der Waals surface area (Å²) in [6.07, 6.45) is 2.79. The fraction of sp³-hybridized carbons (Fsp3) is 0.0769. The number of benzene rings is 1. The van der Waals surface area contributed by atoms with Crippen molar-refractivity contribution < 1.29 is 9.66 Å². The molecule has 0 saturated heterocycles. The van der Waals surface area contributed by atoms with E-state index in [1.165, 1.54) is 19.3 Å². The van der Waals surface area contributed by atoms with Crippen molar-refractivity contribution in [2.75, 3.05) is 7.11 Å². The van der Waals surface area contributed by atoms with Gasteiger partial charge in [0.05, 0.1) is 12.0 Å². The Labute approximate surface area is 117 Å². The minimum atomic E-state index is -1.05. The fourth-order valence-electron chi connectivity index (χ4n) is 1.78. The molecule has 0 saturated carbocycles. The van der Waals surface area contributed by atoms with Crippen LogP contribution in [-0.4, -0.2) is 22.0 Å². The lowest BCUT2D eigenvalue weighted by Gasteiger charge is -2.03. The zero-order chi connectivity index (χ0) is 15.4. The van der Waals surface area contributed by atoms with Crippen LogP contribution in [0.15, 0.2) is 33.9 Å². The summed E-state index contributed by atoms with van der Waals surface area (Å²) in [6, 6.07) is 6.98. The quantitative estimate of drug-likeness (QED) is 0.646. The Morgan fingerprint density at radius 3 is 2.57 bits per heavy atom. The molecule has 2 aromatic rings. The SMILES string of the molecule is COc1ccccc1C=Cc1[nH]c(=O)[nH]c(=O)c1[N+](=O)[O-]. The van der Waals surface area contributed by atoms with Gasteiger partial charge < -0.3 is 9.72 Å². The Balaban J connectivity index is 2.53. The van der Waals surface area contributed by atoms with Gasteiger partial charge in [0.15, 0.2) is 0 Å². The monoisotopic (exact) mass is 289 g/mol. The molecule has 8 heteroatoms. The van der Waals surface area contributed by atoms with Gasteiger partial charge in [0.2, 0.25) is 0 Å². The molecule has 108 valence electrons. The molecule has 1 heterocycles. The largest absolute Gasteiger partial charge is 0.496 e. The summed E-state index contributed by atoms with van der Waals surface area (Å²) in [4.78, 5) is 36.8. The summed E-state index contributed by atoms with van der Waals surface area (Å²) < 4.78 is 5.13. The minimum Gasteiger partial charge on any atom is -0.496 e. The first kappa shape index (κ1) is 14.3. The minimum absolute atomic E-state index is 0.181. The molecule has 0 amide bonds.